The Labute approximate surface area is 245 Å². The fourth-order valence-electron chi connectivity index (χ4n) is 4.96. The van der Waals surface area contributed by atoms with Gasteiger partial charge in [-0.05, 0) is 24.6 Å². The molecule has 2 N–H and O–H groups in total. The fourth-order valence-corrected chi connectivity index (χ4v) is 5.19. The molecule has 0 unspecified atom stereocenters. The zero-order valence-corrected chi connectivity index (χ0v) is 23.3. The summed E-state index contributed by atoms with van der Waals surface area (Å²) >= 11 is 6.30. The van der Waals surface area contributed by atoms with Gasteiger partial charge in [-0.15, -0.1) is 5.10 Å². The first kappa shape index (κ1) is 27.0. The van der Waals surface area contributed by atoms with Crippen molar-refractivity contribution in [1.82, 2.24) is 15.0 Å². The maximum atomic E-state index is 12.8. The summed E-state index contributed by atoms with van der Waals surface area (Å²) in [5.41, 5.74) is 3.05. The van der Waals surface area contributed by atoms with E-state index in [2.05, 4.69) is 15.6 Å². The zero-order valence-electron chi connectivity index (χ0n) is 22.5. The fraction of sp³-hybridized carbons (Fsp3) is 0.125. The number of halogens is 1. The molecule has 0 saturated heterocycles. The van der Waals surface area contributed by atoms with E-state index in [1.54, 1.807) is 23.0 Å². The predicted octanol–water partition coefficient (Wildman–Crippen LogP) is 7.08. The molecule has 6 rings (SSSR count). The highest BCUT2D eigenvalue weighted by Crippen LogP contribution is 2.42. The van der Waals surface area contributed by atoms with Crippen LogP contribution in [0.3, 0.4) is 0 Å². The van der Waals surface area contributed by atoms with E-state index >= 15 is 0 Å². The van der Waals surface area contributed by atoms with Crippen LogP contribution in [0.5, 0.6) is 5.75 Å². The largest absolute Gasteiger partial charge is 0.507 e. The van der Waals surface area contributed by atoms with Gasteiger partial charge in [0, 0.05) is 51.5 Å². The van der Waals surface area contributed by atoms with Gasteiger partial charge in [-0.1, -0.05) is 71.4 Å². The number of aryl methyl sites for hydroxylation is 1. The lowest BCUT2D eigenvalue weighted by Gasteiger charge is -2.10. The summed E-state index contributed by atoms with van der Waals surface area (Å²) in [6.07, 6.45) is 2.57. The van der Waals surface area contributed by atoms with Gasteiger partial charge in [0.25, 0.3) is 0 Å². The first-order valence-corrected chi connectivity index (χ1v) is 13.6. The summed E-state index contributed by atoms with van der Waals surface area (Å²) in [5.74, 6) is -0.516. The second-order valence-electron chi connectivity index (χ2n) is 9.69. The highest BCUT2D eigenvalue weighted by Gasteiger charge is 2.24. The molecule has 42 heavy (non-hydrogen) atoms. The molecule has 2 aromatic heterocycles. The summed E-state index contributed by atoms with van der Waals surface area (Å²) in [4.78, 5) is 25.0. The SMILES string of the molecule is COC(=O)c1cc2c(-c3cn(CCCC(=O)Nc4ccc(Cl)c5ccccc45)nn3)c(-c3ccccc3)oc2cc1O. The van der Waals surface area contributed by atoms with E-state index in [0.29, 0.717) is 51.7 Å². The van der Waals surface area contributed by atoms with Gasteiger partial charge >= 0.3 is 5.97 Å². The van der Waals surface area contributed by atoms with Crippen molar-refractivity contribution < 1.29 is 23.8 Å². The number of fused-ring (bicyclic) bond motifs is 2. The van der Waals surface area contributed by atoms with Crippen molar-refractivity contribution in [2.24, 2.45) is 0 Å². The Morgan fingerprint density at radius 1 is 1.00 bits per heavy atom. The van der Waals surface area contributed by atoms with Crippen molar-refractivity contribution in [2.45, 2.75) is 19.4 Å². The number of phenolic OH excluding ortho intramolecular Hbond substituents is 1. The molecule has 1 amide bonds. The second-order valence-corrected chi connectivity index (χ2v) is 10.1. The number of aromatic hydroxyl groups is 1. The Balaban J connectivity index is 1.23. The molecule has 0 aliphatic heterocycles. The number of furan rings is 1. The average molecular weight is 581 g/mol. The van der Waals surface area contributed by atoms with Crippen LogP contribution in [-0.4, -0.2) is 39.1 Å². The Morgan fingerprint density at radius 3 is 2.55 bits per heavy atom. The molecule has 0 aliphatic rings. The molecule has 0 bridgehead atoms. The van der Waals surface area contributed by atoms with E-state index in [0.717, 1.165) is 16.3 Å². The molecular weight excluding hydrogens is 556 g/mol. The van der Waals surface area contributed by atoms with E-state index in [9.17, 15) is 14.7 Å². The van der Waals surface area contributed by atoms with Crippen LogP contribution in [0.4, 0.5) is 5.69 Å². The molecule has 9 nitrogen and oxygen atoms in total. The number of amides is 1. The van der Waals surface area contributed by atoms with Crippen LogP contribution in [0, 0.1) is 0 Å². The van der Waals surface area contributed by atoms with E-state index in [1.807, 2.05) is 54.6 Å². The molecule has 2 heterocycles. The highest BCUT2D eigenvalue weighted by molar-refractivity contribution is 6.36. The number of esters is 1. The van der Waals surface area contributed by atoms with Crippen molar-refractivity contribution in [2.75, 3.05) is 12.4 Å². The van der Waals surface area contributed by atoms with Crippen LogP contribution < -0.4 is 5.32 Å². The summed E-state index contributed by atoms with van der Waals surface area (Å²) in [6, 6.07) is 23.6. The van der Waals surface area contributed by atoms with Gasteiger partial charge in [0.15, 0.2) is 0 Å². The summed E-state index contributed by atoms with van der Waals surface area (Å²) < 4.78 is 12.7. The van der Waals surface area contributed by atoms with Gasteiger partial charge in [0.1, 0.15) is 28.4 Å². The van der Waals surface area contributed by atoms with Gasteiger partial charge < -0.3 is 19.6 Å². The lowest BCUT2D eigenvalue weighted by atomic mass is 10.0. The van der Waals surface area contributed by atoms with Crippen molar-refractivity contribution in [3.63, 3.8) is 0 Å². The highest BCUT2D eigenvalue weighted by atomic mass is 35.5. The van der Waals surface area contributed by atoms with Crippen LogP contribution in [-0.2, 0) is 16.1 Å². The third-order valence-corrected chi connectivity index (χ3v) is 7.31. The molecule has 0 saturated carbocycles. The molecular formula is C32H25ClN4O5. The van der Waals surface area contributed by atoms with Gasteiger partial charge in [-0.2, -0.15) is 0 Å². The quantitative estimate of drug-likeness (QED) is 0.185. The summed E-state index contributed by atoms with van der Waals surface area (Å²) in [5, 5.41) is 25.0. The number of aromatic nitrogens is 3. The van der Waals surface area contributed by atoms with Gasteiger partial charge in [0.2, 0.25) is 5.91 Å². The average Bonchev–Trinajstić information content (AvgIpc) is 3.62. The standard InChI is InChI=1S/C32H25ClN4O5/c1-41-32(40)22-16-23-28(17-27(22)38)42-31(19-8-3-2-4-9-19)30(23)26-18-37(36-35-26)15-7-12-29(39)34-25-14-13-24(33)20-10-5-6-11-21(20)25/h2-6,8-11,13-14,16-18,38H,7,12,15H2,1H3,(H,34,39). The summed E-state index contributed by atoms with van der Waals surface area (Å²) in [6.45, 7) is 0.451. The first-order valence-electron chi connectivity index (χ1n) is 13.2. The Morgan fingerprint density at radius 2 is 1.76 bits per heavy atom. The van der Waals surface area contributed by atoms with Crippen LogP contribution in [0.2, 0.25) is 5.02 Å². The van der Waals surface area contributed by atoms with Gasteiger partial charge in [-0.25, -0.2) is 4.79 Å². The lowest BCUT2D eigenvalue weighted by Crippen LogP contribution is -2.13. The van der Waals surface area contributed by atoms with Gasteiger partial charge in [0.05, 0.1) is 18.9 Å². The van der Waals surface area contributed by atoms with Crippen molar-refractivity contribution >= 4 is 50.9 Å². The van der Waals surface area contributed by atoms with Crippen molar-refractivity contribution in [1.29, 1.82) is 0 Å². The molecule has 6 aromatic rings. The maximum Gasteiger partial charge on any atom is 0.341 e. The predicted molar refractivity (Wildman–Crippen MR) is 160 cm³/mol. The van der Waals surface area contributed by atoms with Crippen molar-refractivity contribution in [3.8, 4) is 28.3 Å². The Bertz CT molecular complexity index is 1950. The first-order chi connectivity index (χ1) is 20.4. The van der Waals surface area contributed by atoms with E-state index < -0.39 is 5.97 Å². The Hall–Kier alpha value is -5.15. The lowest BCUT2D eigenvalue weighted by molar-refractivity contribution is -0.116. The summed E-state index contributed by atoms with van der Waals surface area (Å²) in [7, 11) is 1.25. The van der Waals surface area contributed by atoms with E-state index in [-0.39, 0.29) is 23.6 Å². The van der Waals surface area contributed by atoms with E-state index in [1.165, 1.54) is 19.2 Å². The number of methoxy groups -OCH3 is 1. The van der Waals surface area contributed by atoms with Crippen LogP contribution in [0.1, 0.15) is 23.2 Å². The smallest absolute Gasteiger partial charge is 0.341 e. The molecule has 10 heteroatoms. The second kappa shape index (κ2) is 11.4. The van der Waals surface area contributed by atoms with E-state index in [4.69, 9.17) is 20.8 Å². The number of hydrogen-bond acceptors (Lipinski definition) is 7. The van der Waals surface area contributed by atoms with Gasteiger partial charge in [-0.3, -0.25) is 9.48 Å². The molecule has 210 valence electrons. The topological polar surface area (TPSA) is 119 Å². The number of benzene rings is 4. The minimum atomic E-state index is -0.670. The molecule has 0 atom stereocenters. The zero-order chi connectivity index (χ0) is 29.2. The number of anilines is 1. The normalized spacial score (nSPS) is 11.2. The monoisotopic (exact) mass is 580 g/mol. The number of carbonyl (C=O) groups excluding carboxylic acids is 2. The number of nitrogens with one attached hydrogen (secondary N) is 1. The number of carbonyl (C=O) groups is 2. The third kappa shape index (κ3) is 5.17. The number of rotatable bonds is 8. The minimum absolute atomic E-state index is 0.0125. The number of ether oxygens (including phenoxy) is 1. The number of nitrogens with zero attached hydrogens (tertiary/aromatic N) is 3. The third-order valence-electron chi connectivity index (χ3n) is 6.98. The van der Waals surface area contributed by atoms with Crippen LogP contribution in [0.25, 0.3) is 44.3 Å². The molecule has 4 aromatic carbocycles. The number of hydrogen-bond donors (Lipinski definition) is 2. The number of phenols is 1. The molecule has 0 radical (unpaired) electrons. The minimum Gasteiger partial charge on any atom is -0.507 e. The van der Waals surface area contributed by atoms with Crippen molar-refractivity contribution in [3.05, 3.63) is 95.6 Å². The van der Waals surface area contributed by atoms with Crippen LogP contribution >= 0.6 is 11.6 Å². The Kier molecular flexibility index (Phi) is 7.33. The molecule has 0 spiro atoms. The maximum absolute atomic E-state index is 12.8. The van der Waals surface area contributed by atoms with Crippen LogP contribution in [0.15, 0.2) is 89.5 Å². The molecule has 0 fully saturated rings. The molecule has 0 aliphatic carbocycles.